The van der Waals surface area contributed by atoms with Crippen molar-refractivity contribution in [2.75, 3.05) is 12.3 Å². The first-order valence-corrected chi connectivity index (χ1v) is 7.11. The molecule has 0 aliphatic rings. The van der Waals surface area contributed by atoms with Gasteiger partial charge >= 0.3 is 0 Å². The molecule has 0 aliphatic carbocycles. The second-order valence-corrected chi connectivity index (χ2v) is 6.23. The molecule has 5 heteroatoms. The van der Waals surface area contributed by atoms with Crippen molar-refractivity contribution in [2.24, 2.45) is 0 Å². The Morgan fingerprint density at radius 2 is 1.74 bits per heavy atom. The van der Waals surface area contributed by atoms with E-state index in [0.29, 0.717) is 5.75 Å². The Balaban J connectivity index is 2.23. The monoisotopic (exact) mass is 280 g/mol. The van der Waals surface area contributed by atoms with E-state index in [0.717, 1.165) is 4.90 Å². The van der Waals surface area contributed by atoms with Gasteiger partial charge in [0.2, 0.25) is 11.8 Å². The zero-order valence-corrected chi connectivity index (χ0v) is 12.3. The summed E-state index contributed by atoms with van der Waals surface area (Å²) in [5, 5.41) is 5.39. The van der Waals surface area contributed by atoms with Gasteiger partial charge in [0.05, 0.1) is 12.3 Å². The van der Waals surface area contributed by atoms with Crippen molar-refractivity contribution in [3.05, 3.63) is 30.3 Å². The largest absolute Gasteiger partial charge is 0.350 e. The average molecular weight is 280 g/mol. The lowest BCUT2D eigenvalue weighted by Gasteiger charge is -2.20. The molecule has 0 aliphatic heterocycles. The number of hydrogen-bond donors (Lipinski definition) is 2. The molecule has 1 aromatic carbocycles. The lowest BCUT2D eigenvalue weighted by molar-refractivity contribution is -0.125. The highest BCUT2D eigenvalue weighted by Gasteiger charge is 2.14. The molecule has 104 valence electrons. The first-order valence-electron chi connectivity index (χ1n) is 6.12. The van der Waals surface area contributed by atoms with Crippen LogP contribution in [0.25, 0.3) is 0 Å². The molecule has 0 bridgehead atoms. The minimum atomic E-state index is -0.277. The van der Waals surface area contributed by atoms with Gasteiger partial charge in [0.1, 0.15) is 0 Å². The highest BCUT2D eigenvalue weighted by atomic mass is 32.2. The summed E-state index contributed by atoms with van der Waals surface area (Å²) in [6.07, 6.45) is 0. The lowest BCUT2D eigenvalue weighted by atomic mass is 10.1. The van der Waals surface area contributed by atoms with Crippen LogP contribution in [0.3, 0.4) is 0 Å². The topological polar surface area (TPSA) is 58.2 Å². The van der Waals surface area contributed by atoms with Crippen molar-refractivity contribution in [2.45, 2.75) is 31.2 Å². The maximum absolute atomic E-state index is 11.6. The zero-order chi connectivity index (χ0) is 14.3. The van der Waals surface area contributed by atoms with Gasteiger partial charge in [0, 0.05) is 10.4 Å². The summed E-state index contributed by atoms with van der Waals surface area (Å²) in [4.78, 5) is 24.1. The fourth-order valence-electron chi connectivity index (χ4n) is 1.36. The summed E-state index contributed by atoms with van der Waals surface area (Å²) in [5.74, 6) is -0.00392. The SMILES string of the molecule is CC(C)(C)NC(=O)CNC(=O)CSc1ccccc1. The maximum Gasteiger partial charge on any atom is 0.239 e. The molecule has 1 rings (SSSR count). The van der Waals surface area contributed by atoms with Crippen molar-refractivity contribution < 1.29 is 9.59 Å². The van der Waals surface area contributed by atoms with Crippen LogP contribution < -0.4 is 10.6 Å². The number of benzene rings is 1. The molecule has 0 saturated carbocycles. The molecule has 2 amide bonds. The van der Waals surface area contributed by atoms with Crippen LogP contribution in [0, 0.1) is 0 Å². The molecule has 0 fully saturated rings. The van der Waals surface area contributed by atoms with E-state index < -0.39 is 0 Å². The molecule has 0 atom stereocenters. The first-order chi connectivity index (χ1) is 8.87. The van der Waals surface area contributed by atoms with Crippen LogP contribution in [0.2, 0.25) is 0 Å². The van der Waals surface area contributed by atoms with E-state index in [4.69, 9.17) is 0 Å². The van der Waals surface area contributed by atoms with Crippen LogP contribution in [-0.2, 0) is 9.59 Å². The van der Waals surface area contributed by atoms with Crippen LogP contribution in [0.1, 0.15) is 20.8 Å². The number of nitrogens with one attached hydrogen (secondary N) is 2. The Hall–Kier alpha value is -1.49. The lowest BCUT2D eigenvalue weighted by Crippen LogP contribution is -2.46. The van der Waals surface area contributed by atoms with Crippen LogP contribution in [0.4, 0.5) is 0 Å². The normalized spacial score (nSPS) is 10.9. The Morgan fingerprint density at radius 1 is 1.11 bits per heavy atom. The van der Waals surface area contributed by atoms with Crippen LogP contribution in [-0.4, -0.2) is 29.7 Å². The third-order valence-corrected chi connectivity index (χ3v) is 3.09. The van der Waals surface area contributed by atoms with Gasteiger partial charge in [-0.15, -0.1) is 11.8 Å². The summed E-state index contributed by atoms with van der Waals surface area (Å²) in [6, 6.07) is 9.68. The van der Waals surface area contributed by atoms with E-state index in [1.54, 1.807) is 0 Å². The minimum absolute atomic E-state index is 0.0193. The van der Waals surface area contributed by atoms with Crippen molar-refractivity contribution in [3.8, 4) is 0 Å². The van der Waals surface area contributed by atoms with Gasteiger partial charge in [-0.2, -0.15) is 0 Å². The van der Waals surface area contributed by atoms with Crippen LogP contribution in [0.5, 0.6) is 0 Å². The molecule has 0 unspecified atom stereocenters. The van der Waals surface area contributed by atoms with E-state index in [2.05, 4.69) is 10.6 Å². The molecule has 4 nitrogen and oxygen atoms in total. The van der Waals surface area contributed by atoms with E-state index in [1.807, 2.05) is 51.1 Å². The average Bonchev–Trinajstić information content (AvgIpc) is 2.33. The van der Waals surface area contributed by atoms with Gasteiger partial charge in [-0.1, -0.05) is 18.2 Å². The van der Waals surface area contributed by atoms with Crippen molar-refractivity contribution in [1.82, 2.24) is 10.6 Å². The summed E-state index contributed by atoms with van der Waals surface area (Å²) < 4.78 is 0. The summed E-state index contributed by atoms with van der Waals surface area (Å²) in [5.41, 5.74) is -0.277. The second-order valence-electron chi connectivity index (χ2n) is 5.18. The molecule has 0 aromatic heterocycles. The Bertz CT molecular complexity index is 427. The van der Waals surface area contributed by atoms with Gasteiger partial charge in [0.25, 0.3) is 0 Å². The molecular weight excluding hydrogens is 260 g/mol. The molecule has 19 heavy (non-hydrogen) atoms. The summed E-state index contributed by atoms with van der Waals surface area (Å²) >= 11 is 1.45. The molecular formula is C14H20N2O2S. The van der Waals surface area contributed by atoms with Gasteiger partial charge in [0.15, 0.2) is 0 Å². The third-order valence-electron chi connectivity index (χ3n) is 2.07. The van der Waals surface area contributed by atoms with Crippen LogP contribution >= 0.6 is 11.8 Å². The van der Waals surface area contributed by atoms with E-state index in [1.165, 1.54) is 11.8 Å². The van der Waals surface area contributed by atoms with Gasteiger partial charge in [-0.25, -0.2) is 0 Å². The third kappa shape index (κ3) is 7.51. The number of amides is 2. The second kappa shape index (κ2) is 7.19. The predicted molar refractivity (Wildman–Crippen MR) is 78.1 cm³/mol. The molecule has 1 aromatic rings. The van der Waals surface area contributed by atoms with E-state index in [-0.39, 0.29) is 23.9 Å². The molecule has 2 N–H and O–H groups in total. The smallest absolute Gasteiger partial charge is 0.239 e. The number of thioether (sulfide) groups is 1. The number of carbonyl (C=O) groups is 2. The zero-order valence-electron chi connectivity index (χ0n) is 11.5. The Labute approximate surface area is 118 Å². The summed E-state index contributed by atoms with van der Waals surface area (Å²) in [6.45, 7) is 5.72. The Morgan fingerprint density at radius 3 is 2.32 bits per heavy atom. The number of rotatable bonds is 5. The number of carbonyl (C=O) groups excluding carboxylic acids is 2. The fourth-order valence-corrected chi connectivity index (χ4v) is 2.11. The first kappa shape index (κ1) is 15.6. The van der Waals surface area contributed by atoms with Crippen molar-refractivity contribution >= 4 is 23.6 Å². The Kier molecular flexibility index (Phi) is 5.89. The standard InChI is InChI=1S/C14H20N2O2S/c1-14(2,3)16-12(17)9-15-13(18)10-19-11-7-5-4-6-8-11/h4-8H,9-10H2,1-3H3,(H,15,18)(H,16,17). The van der Waals surface area contributed by atoms with Crippen molar-refractivity contribution in [1.29, 1.82) is 0 Å². The molecule has 0 heterocycles. The van der Waals surface area contributed by atoms with E-state index >= 15 is 0 Å². The highest BCUT2D eigenvalue weighted by Crippen LogP contribution is 2.15. The maximum atomic E-state index is 11.6. The molecule has 0 spiro atoms. The molecule has 0 saturated heterocycles. The molecule has 0 radical (unpaired) electrons. The van der Waals surface area contributed by atoms with Gasteiger partial charge in [-0.05, 0) is 32.9 Å². The highest BCUT2D eigenvalue weighted by molar-refractivity contribution is 8.00. The van der Waals surface area contributed by atoms with Gasteiger partial charge in [-0.3, -0.25) is 9.59 Å². The minimum Gasteiger partial charge on any atom is -0.350 e. The fraction of sp³-hybridized carbons (Fsp3) is 0.429. The number of hydrogen-bond acceptors (Lipinski definition) is 3. The van der Waals surface area contributed by atoms with Crippen molar-refractivity contribution in [3.63, 3.8) is 0 Å². The van der Waals surface area contributed by atoms with Crippen LogP contribution in [0.15, 0.2) is 35.2 Å². The van der Waals surface area contributed by atoms with E-state index in [9.17, 15) is 9.59 Å². The quantitative estimate of drug-likeness (QED) is 0.809. The van der Waals surface area contributed by atoms with Gasteiger partial charge < -0.3 is 10.6 Å². The summed E-state index contributed by atoms with van der Waals surface area (Å²) in [7, 11) is 0. The predicted octanol–water partition coefficient (Wildman–Crippen LogP) is 1.81.